The summed E-state index contributed by atoms with van der Waals surface area (Å²) in [4.78, 5) is 8.95. The highest BCUT2D eigenvalue weighted by atomic mass is 32.1. The quantitative estimate of drug-likeness (QED) is 0.502. The largest absolute Gasteiger partial charge is 0.253 e. The average molecular weight is 170 g/mol. The Kier molecular flexibility index (Phi) is 2.68. The molecule has 0 amide bonds. The van der Waals surface area contributed by atoms with Gasteiger partial charge in [-0.25, -0.2) is 4.99 Å². The van der Waals surface area contributed by atoms with Gasteiger partial charge < -0.3 is 0 Å². The van der Waals surface area contributed by atoms with Crippen LogP contribution in [0.4, 0.5) is 0 Å². The van der Waals surface area contributed by atoms with Crippen LogP contribution in [0.15, 0.2) is 16.7 Å². The number of hydrogen-bond donors (Lipinski definition) is 0. The first-order chi connectivity index (χ1) is 4.84. The molecule has 0 aliphatic carbocycles. The third-order valence-corrected chi connectivity index (χ3v) is 2.16. The van der Waals surface area contributed by atoms with Crippen molar-refractivity contribution in [2.75, 3.05) is 0 Å². The van der Waals surface area contributed by atoms with E-state index in [0.717, 1.165) is 4.88 Å². The van der Waals surface area contributed by atoms with Gasteiger partial charge in [0.05, 0.1) is 16.7 Å². The molecule has 0 aliphatic rings. The number of rotatable bonds is 2. The molecule has 0 N–H and O–H groups in total. The molecule has 0 spiro atoms. The number of nitrogens with zero attached hydrogens (tertiary/aromatic N) is 2. The topological polar surface area (TPSA) is 25.2 Å². The minimum atomic E-state index is 0.116. The molecule has 1 rings (SSSR count). The van der Waals surface area contributed by atoms with Crippen molar-refractivity contribution in [3.63, 3.8) is 0 Å². The lowest BCUT2D eigenvalue weighted by atomic mass is 10.3. The summed E-state index contributed by atoms with van der Waals surface area (Å²) in [6, 6.07) is 0.116. The Morgan fingerprint density at radius 1 is 1.90 bits per heavy atom. The van der Waals surface area contributed by atoms with Crippen molar-refractivity contribution in [2.24, 2.45) is 4.99 Å². The lowest BCUT2D eigenvalue weighted by molar-refractivity contribution is 0.845. The Bertz CT molecular complexity index is 236. The van der Waals surface area contributed by atoms with Crippen molar-refractivity contribution in [3.8, 4) is 0 Å². The molecule has 1 aromatic heterocycles. The molecule has 0 saturated carbocycles. The van der Waals surface area contributed by atoms with E-state index in [1.165, 1.54) is 0 Å². The highest BCUT2D eigenvalue weighted by Crippen LogP contribution is 2.18. The molecule has 0 aliphatic heterocycles. The summed E-state index contributed by atoms with van der Waals surface area (Å²) in [5.74, 6) is 0. The number of aromatic nitrogens is 1. The molecule has 0 aromatic carbocycles. The fraction of sp³-hybridized carbons (Fsp3) is 0.333. The Balaban J connectivity index is 2.76. The Labute approximate surface area is 68.6 Å². The van der Waals surface area contributed by atoms with Gasteiger partial charge in [-0.15, -0.1) is 11.3 Å². The van der Waals surface area contributed by atoms with Gasteiger partial charge in [0.2, 0.25) is 0 Å². The van der Waals surface area contributed by atoms with E-state index in [4.69, 9.17) is 0 Å². The molecule has 10 heavy (non-hydrogen) atoms. The highest BCUT2D eigenvalue weighted by Gasteiger charge is 2.02. The first-order valence-electron chi connectivity index (χ1n) is 2.80. The van der Waals surface area contributed by atoms with Crippen LogP contribution in [0.25, 0.3) is 0 Å². The summed E-state index contributed by atoms with van der Waals surface area (Å²) in [7, 11) is 0. The van der Waals surface area contributed by atoms with Gasteiger partial charge in [0.25, 0.3) is 0 Å². The standard InChI is InChI=1S/C6H6N2S2/c1-5(8-3-9)6-2-7-4-10-6/h2,4-5H,1H3. The summed E-state index contributed by atoms with van der Waals surface area (Å²) in [6.45, 7) is 1.97. The summed E-state index contributed by atoms with van der Waals surface area (Å²) in [5, 5.41) is 2.34. The molecule has 0 saturated heterocycles. The summed E-state index contributed by atoms with van der Waals surface area (Å²) in [6.07, 6.45) is 1.80. The van der Waals surface area contributed by atoms with Gasteiger partial charge in [-0.05, 0) is 19.1 Å². The zero-order valence-electron chi connectivity index (χ0n) is 5.44. The van der Waals surface area contributed by atoms with Crippen molar-refractivity contribution in [2.45, 2.75) is 13.0 Å². The third kappa shape index (κ3) is 1.70. The predicted molar refractivity (Wildman–Crippen MR) is 45.6 cm³/mol. The molecule has 1 unspecified atom stereocenters. The maximum Gasteiger partial charge on any atom is 0.0931 e. The van der Waals surface area contributed by atoms with E-state index >= 15 is 0 Å². The Morgan fingerprint density at radius 3 is 3.20 bits per heavy atom. The van der Waals surface area contributed by atoms with E-state index in [1.807, 2.05) is 6.92 Å². The molecule has 0 bridgehead atoms. The van der Waals surface area contributed by atoms with Crippen molar-refractivity contribution >= 4 is 28.7 Å². The fourth-order valence-corrected chi connectivity index (χ4v) is 1.35. The van der Waals surface area contributed by atoms with Gasteiger partial charge in [0, 0.05) is 11.1 Å². The van der Waals surface area contributed by atoms with E-state index in [1.54, 1.807) is 23.0 Å². The molecule has 2 nitrogen and oxygen atoms in total. The van der Waals surface area contributed by atoms with Crippen molar-refractivity contribution in [1.82, 2.24) is 4.98 Å². The van der Waals surface area contributed by atoms with Crippen LogP contribution in [0, 0.1) is 0 Å². The summed E-state index contributed by atoms with van der Waals surface area (Å²) >= 11 is 6.05. The summed E-state index contributed by atoms with van der Waals surface area (Å²) in [5.41, 5.74) is 1.78. The summed E-state index contributed by atoms with van der Waals surface area (Å²) < 4.78 is 0. The van der Waals surface area contributed by atoms with E-state index in [-0.39, 0.29) is 6.04 Å². The van der Waals surface area contributed by atoms with Crippen LogP contribution in [-0.4, -0.2) is 10.1 Å². The maximum atomic E-state index is 4.47. The van der Waals surface area contributed by atoms with Crippen LogP contribution in [0.1, 0.15) is 17.8 Å². The fourth-order valence-electron chi connectivity index (χ4n) is 0.575. The molecule has 1 atom stereocenters. The second-order valence-corrected chi connectivity index (χ2v) is 2.90. The zero-order chi connectivity index (χ0) is 7.40. The SMILES string of the molecule is CC(N=C=S)c1cncs1. The lowest BCUT2D eigenvalue weighted by Crippen LogP contribution is -1.81. The normalized spacial score (nSPS) is 12.1. The molecule has 4 heteroatoms. The van der Waals surface area contributed by atoms with Crippen LogP contribution < -0.4 is 0 Å². The Morgan fingerprint density at radius 2 is 2.70 bits per heavy atom. The lowest BCUT2D eigenvalue weighted by Gasteiger charge is -1.95. The number of isothiocyanates is 1. The second kappa shape index (κ2) is 3.56. The highest BCUT2D eigenvalue weighted by molar-refractivity contribution is 7.78. The van der Waals surface area contributed by atoms with E-state index in [0.29, 0.717) is 0 Å². The monoisotopic (exact) mass is 170 g/mol. The molecule has 52 valence electrons. The molecular formula is C6H6N2S2. The first kappa shape index (κ1) is 7.54. The zero-order valence-corrected chi connectivity index (χ0v) is 7.08. The van der Waals surface area contributed by atoms with Crippen LogP contribution >= 0.6 is 23.6 Å². The van der Waals surface area contributed by atoms with Crippen molar-refractivity contribution < 1.29 is 0 Å². The van der Waals surface area contributed by atoms with Gasteiger partial charge in [0.1, 0.15) is 0 Å². The average Bonchev–Trinajstić information content (AvgIpc) is 2.38. The van der Waals surface area contributed by atoms with Gasteiger partial charge in [0.15, 0.2) is 0 Å². The Hall–Kier alpha value is -0.570. The minimum Gasteiger partial charge on any atom is -0.253 e. The first-order valence-corrected chi connectivity index (χ1v) is 4.08. The molecule has 1 aromatic rings. The van der Waals surface area contributed by atoms with Crippen LogP contribution in [0.3, 0.4) is 0 Å². The van der Waals surface area contributed by atoms with Crippen LogP contribution in [0.5, 0.6) is 0 Å². The van der Waals surface area contributed by atoms with E-state index in [2.05, 4.69) is 27.4 Å². The second-order valence-electron chi connectivity index (χ2n) is 1.80. The van der Waals surface area contributed by atoms with E-state index < -0.39 is 0 Å². The molecule has 1 heterocycles. The number of thiazole rings is 1. The van der Waals surface area contributed by atoms with Gasteiger partial charge in [-0.2, -0.15) is 0 Å². The van der Waals surface area contributed by atoms with Crippen molar-refractivity contribution in [3.05, 3.63) is 16.6 Å². The number of thiocarbonyl (C=S) groups is 1. The number of aliphatic imine (C=N–C) groups is 1. The van der Waals surface area contributed by atoms with Gasteiger partial charge >= 0.3 is 0 Å². The molecule has 0 fully saturated rings. The molecule has 0 radical (unpaired) electrons. The van der Waals surface area contributed by atoms with Gasteiger partial charge in [-0.3, -0.25) is 4.98 Å². The van der Waals surface area contributed by atoms with Gasteiger partial charge in [-0.1, -0.05) is 0 Å². The third-order valence-electron chi connectivity index (χ3n) is 1.11. The van der Waals surface area contributed by atoms with Crippen LogP contribution in [0.2, 0.25) is 0 Å². The van der Waals surface area contributed by atoms with Crippen molar-refractivity contribution in [1.29, 1.82) is 0 Å². The van der Waals surface area contributed by atoms with E-state index in [9.17, 15) is 0 Å². The number of hydrogen-bond acceptors (Lipinski definition) is 4. The van der Waals surface area contributed by atoms with Crippen LogP contribution in [-0.2, 0) is 0 Å². The molecular weight excluding hydrogens is 164 g/mol. The minimum absolute atomic E-state index is 0.116. The smallest absolute Gasteiger partial charge is 0.0931 e. The predicted octanol–water partition coefficient (Wildman–Crippen LogP) is 2.31. The maximum absolute atomic E-state index is 4.47.